The molecule has 0 aliphatic carbocycles. The summed E-state index contributed by atoms with van der Waals surface area (Å²) in [5, 5.41) is 23.2. The van der Waals surface area contributed by atoms with Gasteiger partial charge in [0.25, 0.3) is 0 Å². The lowest BCUT2D eigenvalue weighted by Gasteiger charge is -2.12. The molecule has 8 heteroatoms. The van der Waals surface area contributed by atoms with Crippen molar-refractivity contribution in [3.05, 3.63) is 291 Å². The van der Waals surface area contributed by atoms with Gasteiger partial charge in [0, 0.05) is 64.3 Å². The zero-order chi connectivity index (χ0) is 61.5. The zero-order valence-electron chi connectivity index (χ0n) is 50.2. The molecule has 0 atom stereocenters. The fourth-order valence-corrected chi connectivity index (χ4v) is 15.6. The van der Waals surface area contributed by atoms with Gasteiger partial charge in [0.15, 0.2) is 34.9 Å². The summed E-state index contributed by atoms with van der Waals surface area (Å²) in [6, 6.07) is 104. The lowest BCUT2D eigenvalue weighted by atomic mass is 9.96. The van der Waals surface area contributed by atoms with Gasteiger partial charge in [0.05, 0.1) is 0 Å². The molecule has 16 aromatic carbocycles. The lowest BCUT2D eigenvalue weighted by molar-refractivity contribution is 0.669. The standard InChI is InChI=1S/C86H48N6OS/c1-2-14-54-44-59(29-23-49(54)11-1)82-88-84(62-31-25-53-36-39-66-64-16-6-4-13-51(64)34-41-68(66)74(53)48-62)92-86(91-82)72-20-9-18-69-75-46-58(37-42-78(75)94-80(69)72)56-26-27-57-45-60(32-28-55(57)43-56)81-87-83(90-85(89-81)71-19-10-22-77-79(71)70-17-7-8-21-76(70)93-77)61-30-24-52-35-38-65-63-15-5-3-12-50(63)33-40-67(65)73(52)47-61/h1-48H. The maximum atomic E-state index is 6.40. The van der Waals surface area contributed by atoms with E-state index in [0.717, 1.165) is 114 Å². The molecule has 0 saturated heterocycles. The maximum Gasteiger partial charge on any atom is 0.165 e. The minimum absolute atomic E-state index is 0.577. The van der Waals surface area contributed by atoms with Gasteiger partial charge in [-0.2, -0.15) is 0 Å². The summed E-state index contributed by atoms with van der Waals surface area (Å²) in [6.07, 6.45) is 0. The smallest absolute Gasteiger partial charge is 0.165 e. The van der Waals surface area contributed by atoms with Crippen molar-refractivity contribution in [3.63, 3.8) is 0 Å². The van der Waals surface area contributed by atoms with E-state index < -0.39 is 0 Å². The number of furan rings is 1. The average molecular weight is 1210 g/mol. The highest BCUT2D eigenvalue weighted by Gasteiger charge is 2.22. The van der Waals surface area contributed by atoms with Crippen LogP contribution in [0, 0.1) is 0 Å². The molecule has 0 bridgehead atoms. The first-order valence-corrected chi connectivity index (χ1v) is 32.4. The fraction of sp³-hybridized carbons (Fsp3) is 0. The van der Waals surface area contributed by atoms with Gasteiger partial charge in [0.1, 0.15) is 11.2 Å². The van der Waals surface area contributed by atoms with Crippen molar-refractivity contribution in [1.82, 2.24) is 29.9 Å². The number of nitrogens with zero attached hydrogens (tertiary/aromatic N) is 6. The van der Waals surface area contributed by atoms with E-state index in [4.69, 9.17) is 34.3 Å². The predicted molar refractivity (Wildman–Crippen MR) is 391 cm³/mol. The second-order valence-electron chi connectivity index (χ2n) is 24.5. The van der Waals surface area contributed by atoms with E-state index in [2.05, 4.69) is 261 Å². The number of fused-ring (bicyclic) bond motifs is 18. The van der Waals surface area contributed by atoms with E-state index in [1.54, 1.807) is 11.3 Å². The van der Waals surface area contributed by atoms with Crippen LogP contribution in [0.5, 0.6) is 0 Å². The molecule has 0 saturated carbocycles. The highest BCUT2D eigenvalue weighted by atomic mass is 32.1. The Kier molecular flexibility index (Phi) is 11.5. The van der Waals surface area contributed by atoms with Crippen LogP contribution in [0.2, 0.25) is 0 Å². The number of aromatic nitrogens is 6. The number of para-hydroxylation sites is 1. The third kappa shape index (κ3) is 8.43. The van der Waals surface area contributed by atoms with E-state index in [1.807, 2.05) is 30.3 Å². The molecule has 0 aliphatic rings. The van der Waals surface area contributed by atoms with Gasteiger partial charge in [-0.3, -0.25) is 0 Å². The topological polar surface area (TPSA) is 90.5 Å². The van der Waals surface area contributed by atoms with Crippen LogP contribution >= 0.6 is 11.3 Å². The third-order valence-electron chi connectivity index (χ3n) is 19.1. The summed E-state index contributed by atoms with van der Waals surface area (Å²) in [4.78, 5) is 32.0. The predicted octanol–water partition coefficient (Wildman–Crippen LogP) is 23.2. The van der Waals surface area contributed by atoms with E-state index in [1.165, 1.54) is 58.6 Å². The SMILES string of the molecule is c1ccc2cc(-c3nc(-c4ccc5ccc6c7ccccc7ccc6c5c4)nc(-c4cccc5c4sc4ccc(-c6ccc7cc(-c8nc(-c9ccc%10ccc%11c%12ccccc%12ccc%11c%10c9)nc(-c9cccc%10oc%11ccccc%11c9%10)n8)ccc7c6)cc45)n3)ccc2c1. The van der Waals surface area contributed by atoms with Gasteiger partial charge >= 0.3 is 0 Å². The third-order valence-corrected chi connectivity index (χ3v) is 20.3. The van der Waals surface area contributed by atoms with Crippen molar-refractivity contribution in [1.29, 1.82) is 0 Å². The molecule has 0 N–H and O–H groups in total. The maximum absolute atomic E-state index is 6.40. The summed E-state index contributed by atoms with van der Waals surface area (Å²) in [6.45, 7) is 0. The van der Waals surface area contributed by atoms with Crippen molar-refractivity contribution in [2.45, 2.75) is 0 Å². The molecule has 0 unspecified atom stereocenters. The number of hydrogen-bond acceptors (Lipinski definition) is 8. The molecule has 7 nitrogen and oxygen atoms in total. The first kappa shape index (κ1) is 52.4. The Morgan fingerprint density at radius 2 is 0.585 bits per heavy atom. The van der Waals surface area contributed by atoms with Crippen LogP contribution in [0.4, 0.5) is 0 Å². The second kappa shape index (κ2) is 20.6. The zero-order valence-corrected chi connectivity index (χ0v) is 51.0. The number of hydrogen-bond donors (Lipinski definition) is 0. The van der Waals surface area contributed by atoms with Crippen LogP contribution in [-0.2, 0) is 0 Å². The number of thiophene rings is 1. The van der Waals surface area contributed by atoms with Crippen LogP contribution in [-0.4, -0.2) is 29.9 Å². The van der Waals surface area contributed by atoms with Crippen LogP contribution in [0.25, 0.3) is 208 Å². The summed E-state index contributed by atoms with van der Waals surface area (Å²) >= 11 is 1.78. The summed E-state index contributed by atoms with van der Waals surface area (Å²) < 4.78 is 8.72. The van der Waals surface area contributed by atoms with E-state index >= 15 is 0 Å². The highest BCUT2D eigenvalue weighted by Crippen LogP contribution is 2.44. The normalized spacial score (nSPS) is 12.0. The average Bonchev–Trinajstić information content (AvgIpc) is 1.70. The summed E-state index contributed by atoms with van der Waals surface area (Å²) in [7, 11) is 0. The van der Waals surface area contributed by atoms with Gasteiger partial charge in [-0.05, 0) is 158 Å². The molecular weight excluding hydrogens is 1170 g/mol. The van der Waals surface area contributed by atoms with Crippen molar-refractivity contribution in [2.75, 3.05) is 0 Å². The minimum atomic E-state index is 0.577. The van der Waals surface area contributed by atoms with Crippen molar-refractivity contribution in [3.8, 4) is 79.5 Å². The first-order chi connectivity index (χ1) is 46.5. The largest absolute Gasteiger partial charge is 0.456 e. The molecule has 20 rings (SSSR count). The fourth-order valence-electron chi connectivity index (χ4n) is 14.4. The van der Waals surface area contributed by atoms with E-state index in [-0.39, 0.29) is 0 Å². The van der Waals surface area contributed by atoms with E-state index in [0.29, 0.717) is 34.9 Å². The number of benzene rings is 16. The van der Waals surface area contributed by atoms with E-state index in [9.17, 15) is 0 Å². The van der Waals surface area contributed by atoms with Crippen molar-refractivity contribution < 1.29 is 4.42 Å². The Morgan fingerprint density at radius 1 is 0.213 bits per heavy atom. The Morgan fingerprint density at radius 3 is 1.20 bits per heavy atom. The van der Waals surface area contributed by atoms with Crippen LogP contribution in [0.1, 0.15) is 0 Å². The van der Waals surface area contributed by atoms with Gasteiger partial charge in [-0.25, -0.2) is 29.9 Å². The molecule has 4 heterocycles. The van der Waals surface area contributed by atoms with Crippen molar-refractivity contribution >= 4 is 140 Å². The first-order valence-electron chi connectivity index (χ1n) is 31.6. The Balaban J connectivity index is 0.684. The lowest BCUT2D eigenvalue weighted by Crippen LogP contribution is -2.00. The van der Waals surface area contributed by atoms with Gasteiger partial charge < -0.3 is 4.42 Å². The van der Waals surface area contributed by atoms with Crippen LogP contribution in [0.15, 0.2) is 296 Å². The van der Waals surface area contributed by atoms with Gasteiger partial charge in [-0.15, -0.1) is 11.3 Å². The Bertz CT molecular complexity index is 6650. The molecule has 0 radical (unpaired) electrons. The minimum Gasteiger partial charge on any atom is -0.456 e. The Labute approximate surface area is 541 Å². The molecule has 0 fully saturated rings. The molecule has 20 aromatic rings. The molecule has 0 aliphatic heterocycles. The highest BCUT2D eigenvalue weighted by molar-refractivity contribution is 7.26. The monoisotopic (exact) mass is 1210 g/mol. The Hall–Kier alpha value is -12.4. The quantitative estimate of drug-likeness (QED) is 0.147. The molecule has 0 spiro atoms. The summed E-state index contributed by atoms with van der Waals surface area (Å²) in [5.74, 6) is 3.64. The van der Waals surface area contributed by atoms with Crippen molar-refractivity contribution in [2.24, 2.45) is 0 Å². The second-order valence-corrected chi connectivity index (χ2v) is 25.5. The molecule has 0 amide bonds. The van der Waals surface area contributed by atoms with Crippen LogP contribution in [0.3, 0.4) is 0 Å². The summed E-state index contributed by atoms with van der Waals surface area (Å²) in [5.41, 5.74) is 9.37. The van der Waals surface area contributed by atoms with Crippen LogP contribution < -0.4 is 0 Å². The van der Waals surface area contributed by atoms with Gasteiger partial charge in [0.2, 0.25) is 0 Å². The molecule has 434 valence electrons. The molecule has 4 aromatic heterocycles. The number of rotatable bonds is 7. The molecular formula is C86H48N6OS. The van der Waals surface area contributed by atoms with Gasteiger partial charge in [-0.1, -0.05) is 231 Å². The molecule has 94 heavy (non-hydrogen) atoms.